The van der Waals surface area contributed by atoms with Crippen LogP contribution in [0, 0.1) is 0 Å². The van der Waals surface area contributed by atoms with E-state index in [2.05, 4.69) is 10.6 Å². The van der Waals surface area contributed by atoms with Crippen molar-refractivity contribution in [3.05, 3.63) is 0 Å². The van der Waals surface area contributed by atoms with Crippen LogP contribution in [0.15, 0.2) is 0 Å². The topological polar surface area (TPSA) is 64.7 Å². The molecular weight excluding hydrogens is 220 g/mol. The lowest BCUT2D eigenvalue weighted by Crippen LogP contribution is -2.50. The van der Waals surface area contributed by atoms with E-state index in [9.17, 15) is 9.59 Å². The molecule has 6 heteroatoms. The highest BCUT2D eigenvalue weighted by Crippen LogP contribution is 1.95. The SMILES string of the molecule is CCNC(=O)CN(C)CC(=O)N1CCNCC1. The number of hydrogen-bond acceptors (Lipinski definition) is 4. The Morgan fingerprint density at radius 3 is 2.53 bits per heavy atom. The van der Waals surface area contributed by atoms with Gasteiger partial charge in [0.25, 0.3) is 0 Å². The van der Waals surface area contributed by atoms with Crippen LogP contribution in [0.3, 0.4) is 0 Å². The minimum Gasteiger partial charge on any atom is -0.355 e. The van der Waals surface area contributed by atoms with Gasteiger partial charge in [0, 0.05) is 32.7 Å². The summed E-state index contributed by atoms with van der Waals surface area (Å²) in [5.41, 5.74) is 0. The zero-order valence-corrected chi connectivity index (χ0v) is 10.7. The lowest BCUT2D eigenvalue weighted by atomic mass is 10.3. The molecule has 1 aliphatic rings. The van der Waals surface area contributed by atoms with Crippen LogP contribution in [0.2, 0.25) is 0 Å². The van der Waals surface area contributed by atoms with Crippen LogP contribution < -0.4 is 10.6 Å². The Bertz CT molecular complexity index is 264. The van der Waals surface area contributed by atoms with Gasteiger partial charge in [0.05, 0.1) is 13.1 Å². The highest BCUT2D eigenvalue weighted by molar-refractivity contribution is 5.81. The molecule has 1 fully saturated rings. The highest BCUT2D eigenvalue weighted by atomic mass is 16.2. The maximum Gasteiger partial charge on any atom is 0.236 e. The maximum atomic E-state index is 11.9. The summed E-state index contributed by atoms with van der Waals surface area (Å²) in [5, 5.41) is 5.91. The number of hydrogen-bond donors (Lipinski definition) is 2. The standard InChI is InChI=1S/C11H22N4O2/c1-3-13-10(16)8-14(2)9-11(17)15-6-4-12-5-7-15/h12H,3-9H2,1-2H3,(H,13,16). The van der Waals surface area contributed by atoms with Gasteiger partial charge in [-0.25, -0.2) is 0 Å². The van der Waals surface area contributed by atoms with E-state index in [-0.39, 0.29) is 18.4 Å². The van der Waals surface area contributed by atoms with E-state index in [1.165, 1.54) is 0 Å². The predicted octanol–water partition coefficient (Wildman–Crippen LogP) is -1.51. The van der Waals surface area contributed by atoms with Crippen LogP contribution in [-0.4, -0.2) is 74.5 Å². The summed E-state index contributed by atoms with van der Waals surface area (Å²) < 4.78 is 0. The maximum absolute atomic E-state index is 11.9. The van der Waals surface area contributed by atoms with Gasteiger partial charge in [-0.2, -0.15) is 0 Å². The van der Waals surface area contributed by atoms with Crippen molar-refractivity contribution >= 4 is 11.8 Å². The largest absolute Gasteiger partial charge is 0.355 e. The molecule has 1 heterocycles. The fourth-order valence-corrected chi connectivity index (χ4v) is 1.80. The normalized spacial score (nSPS) is 16.1. The summed E-state index contributed by atoms with van der Waals surface area (Å²) in [6.45, 7) is 6.30. The number of carbonyl (C=O) groups excluding carboxylic acids is 2. The van der Waals surface area contributed by atoms with Crippen molar-refractivity contribution < 1.29 is 9.59 Å². The van der Waals surface area contributed by atoms with Crippen molar-refractivity contribution in [1.82, 2.24) is 20.4 Å². The van der Waals surface area contributed by atoms with Crippen molar-refractivity contribution in [1.29, 1.82) is 0 Å². The summed E-state index contributed by atoms with van der Waals surface area (Å²) >= 11 is 0. The molecule has 98 valence electrons. The summed E-state index contributed by atoms with van der Waals surface area (Å²) in [7, 11) is 1.79. The summed E-state index contributed by atoms with van der Waals surface area (Å²) in [5.74, 6) is 0.0569. The van der Waals surface area contributed by atoms with Crippen molar-refractivity contribution in [2.45, 2.75) is 6.92 Å². The second kappa shape index (κ2) is 7.24. The zero-order valence-electron chi connectivity index (χ0n) is 10.7. The third-order valence-electron chi connectivity index (χ3n) is 2.66. The van der Waals surface area contributed by atoms with Gasteiger partial charge < -0.3 is 15.5 Å². The number of likely N-dealkylation sites (N-methyl/N-ethyl adjacent to an activating group) is 2. The van der Waals surface area contributed by atoms with Crippen LogP contribution in [0.25, 0.3) is 0 Å². The minimum atomic E-state index is -0.0388. The second-order valence-corrected chi connectivity index (χ2v) is 4.26. The third-order valence-corrected chi connectivity index (χ3v) is 2.66. The lowest BCUT2D eigenvalue weighted by Gasteiger charge is -2.29. The van der Waals surface area contributed by atoms with Crippen molar-refractivity contribution in [2.75, 3.05) is 52.9 Å². The fraction of sp³-hybridized carbons (Fsp3) is 0.818. The van der Waals surface area contributed by atoms with Gasteiger partial charge >= 0.3 is 0 Å². The number of rotatable bonds is 5. The molecule has 0 radical (unpaired) electrons. The van der Waals surface area contributed by atoms with E-state index in [0.29, 0.717) is 13.1 Å². The summed E-state index contributed by atoms with van der Waals surface area (Å²) in [4.78, 5) is 26.8. The van der Waals surface area contributed by atoms with Gasteiger partial charge in [-0.3, -0.25) is 14.5 Å². The van der Waals surface area contributed by atoms with Crippen molar-refractivity contribution in [3.8, 4) is 0 Å². The predicted molar refractivity (Wildman–Crippen MR) is 65.6 cm³/mol. The molecule has 1 rings (SSSR count). The molecule has 2 amide bonds. The first kappa shape index (κ1) is 13.9. The minimum absolute atomic E-state index is 0.0388. The number of piperazine rings is 1. The fourth-order valence-electron chi connectivity index (χ4n) is 1.80. The van der Waals surface area contributed by atoms with E-state index in [1.807, 2.05) is 11.8 Å². The first-order chi connectivity index (χ1) is 8.13. The second-order valence-electron chi connectivity index (χ2n) is 4.26. The first-order valence-electron chi connectivity index (χ1n) is 6.07. The Morgan fingerprint density at radius 1 is 1.29 bits per heavy atom. The molecule has 0 aromatic heterocycles. The molecule has 0 aromatic rings. The molecule has 0 atom stereocenters. The van der Waals surface area contributed by atoms with Gasteiger partial charge in [0.15, 0.2) is 0 Å². The molecular formula is C11H22N4O2. The third kappa shape index (κ3) is 5.14. The monoisotopic (exact) mass is 242 g/mol. The van der Waals surface area contributed by atoms with Gasteiger partial charge in [0.1, 0.15) is 0 Å². The molecule has 0 unspecified atom stereocenters. The van der Waals surface area contributed by atoms with Crippen LogP contribution in [0.4, 0.5) is 0 Å². The number of carbonyl (C=O) groups is 2. The van der Waals surface area contributed by atoms with E-state index < -0.39 is 0 Å². The highest BCUT2D eigenvalue weighted by Gasteiger charge is 2.18. The number of nitrogens with one attached hydrogen (secondary N) is 2. The van der Waals surface area contributed by atoms with E-state index in [0.717, 1.165) is 26.2 Å². The van der Waals surface area contributed by atoms with Crippen molar-refractivity contribution in [3.63, 3.8) is 0 Å². The molecule has 1 aliphatic heterocycles. The Kier molecular flexibility index (Phi) is 5.93. The number of amides is 2. The Labute approximate surface area is 102 Å². The molecule has 0 saturated carbocycles. The molecule has 0 aromatic carbocycles. The molecule has 1 saturated heterocycles. The zero-order chi connectivity index (χ0) is 12.7. The van der Waals surface area contributed by atoms with E-state index in [1.54, 1.807) is 11.9 Å². The molecule has 0 bridgehead atoms. The molecule has 6 nitrogen and oxygen atoms in total. The molecule has 2 N–H and O–H groups in total. The van der Waals surface area contributed by atoms with Gasteiger partial charge in [-0.1, -0.05) is 0 Å². The van der Waals surface area contributed by atoms with E-state index >= 15 is 0 Å². The molecule has 17 heavy (non-hydrogen) atoms. The Hall–Kier alpha value is -1.14. The Balaban J connectivity index is 2.26. The van der Waals surface area contributed by atoms with Crippen LogP contribution >= 0.6 is 0 Å². The van der Waals surface area contributed by atoms with Crippen LogP contribution in [0.1, 0.15) is 6.92 Å². The van der Waals surface area contributed by atoms with Crippen LogP contribution in [0.5, 0.6) is 0 Å². The lowest BCUT2D eigenvalue weighted by molar-refractivity contribution is -0.133. The number of nitrogens with zero attached hydrogens (tertiary/aromatic N) is 2. The quantitative estimate of drug-likeness (QED) is 0.615. The molecule has 0 spiro atoms. The summed E-state index contributed by atoms with van der Waals surface area (Å²) in [6.07, 6.45) is 0. The smallest absolute Gasteiger partial charge is 0.236 e. The average Bonchev–Trinajstić information content (AvgIpc) is 2.30. The Morgan fingerprint density at radius 2 is 1.94 bits per heavy atom. The van der Waals surface area contributed by atoms with Gasteiger partial charge in [-0.05, 0) is 14.0 Å². The first-order valence-corrected chi connectivity index (χ1v) is 6.07. The van der Waals surface area contributed by atoms with Gasteiger partial charge in [-0.15, -0.1) is 0 Å². The summed E-state index contributed by atoms with van der Waals surface area (Å²) in [6, 6.07) is 0. The van der Waals surface area contributed by atoms with Gasteiger partial charge in [0.2, 0.25) is 11.8 Å². The molecule has 0 aliphatic carbocycles. The van der Waals surface area contributed by atoms with Crippen LogP contribution in [-0.2, 0) is 9.59 Å². The van der Waals surface area contributed by atoms with Crippen molar-refractivity contribution in [2.24, 2.45) is 0 Å². The van der Waals surface area contributed by atoms with E-state index in [4.69, 9.17) is 0 Å². The average molecular weight is 242 g/mol.